The number of Topliss-reactive ketones (excluding diaryl/α,β-unsaturated/α-hetero) is 1. The molecule has 2 heteroatoms. The monoisotopic (exact) mass is 181 g/mol. The Hall–Kier alpha value is -1.05. The summed E-state index contributed by atoms with van der Waals surface area (Å²) in [6, 6.07) is 0. The summed E-state index contributed by atoms with van der Waals surface area (Å²) in [5, 5.41) is 3.12. The zero-order valence-corrected chi connectivity index (χ0v) is 8.60. The van der Waals surface area contributed by atoms with Gasteiger partial charge in [-0.1, -0.05) is 19.4 Å². The number of nitrogens with one attached hydrogen (secondary N) is 1. The summed E-state index contributed by atoms with van der Waals surface area (Å²) in [5.41, 5.74) is 0.797. The summed E-state index contributed by atoms with van der Waals surface area (Å²) in [7, 11) is 0. The van der Waals surface area contributed by atoms with E-state index < -0.39 is 0 Å². The van der Waals surface area contributed by atoms with E-state index in [1.165, 1.54) is 0 Å². The molecule has 0 aliphatic carbocycles. The van der Waals surface area contributed by atoms with Gasteiger partial charge in [-0.2, -0.15) is 0 Å². The van der Waals surface area contributed by atoms with Gasteiger partial charge >= 0.3 is 0 Å². The fourth-order valence-corrected chi connectivity index (χ4v) is 0.934. The Kier molecular flexibility index (Phi) is 6.98. The molecule has 0 amide bonds. The van der Waals surface area contributed by atoms with Crippen LogP contribution in [0.15, 0.2) is 24.4 Å². The minimum absolute atomic E-state index is 0.115. The van der Waals surface area contributed by atoms with Crippen molar-refractivity contribution in [2.24, 2.45) is 0 Å². The van der Waals surface area contributed by atoms with Crippen LogP contribution in [0.25, 0.3) is 0 Å². The zero-order valence-electron chi connectivity index (χ0n) is 8.60. The summed E-state index contributed by atoms with van der Waals surface area (Å²) in [5.74, 6) is 0.115. The summed E-state index contributed by atoms with van der Waals surface area (Å²) >= 11 is 0. The molecule has 2 nitrogen and oxygen atoms in total. The van der Waals surface area contributed by atoms with Gasteiger partial charge in [0.2, 0.25) is 0 Å². The average molecular weight is 181 g/mol. The number of hydrogen-bond acceptors (Lipinski definition) is 2. The van der Waals surface area contributed by atoms with Gasteiger partial charge in [0, 0.05) is 18.3 Å². The Morgan fingerprint density at radius 2 is 2.23 bits per heavy atom. The molecule has 0 radical (unpaired) electrons. The van der Waals surface area contributed by atoms with Crippen molar-refractivity contribution < 1.29 is 4.79 Å². The smallest absolute Gasteiger partial charge is 0.157 e. The van der Waals surface area contributed by atoms with Gasteiger partial charge in [-0.25, -0.2) is 0 Å². The fourth-order valence-electron chi connectivity index (χ4n) is 0.934. The van der Waals surface area contributed by atoms with Crippen molar-refractivity contribution in [2.75, 3.05) is 6.54 Å². The molecule has 0 aliphatic heterocycles. The highest BCUT2D eigenvalue weighted by molar-refractivity contribution is 5.93. The van der Waals surface area contributed by atoms with Crippen LogP contribution in [-0.2, 0) is 4.79 Å². The first-order chi connectivity index (χ1) is 6.22. The second-order valence-electron chi connectivity index (χ2n) is 3.03. The van der Waals surface area contributed by atoms with Crippen LogP contribution in [0.5, 0.6) is 0 Å². The Labute approximate surface area is 80.7 Å². The molecule has 13 heavy (non-hydrogen) atoms. The first-order valence-corrected chi connectivity index (χ1v) is 4.76. The molecule has 0 aromatic carbocycles. The molecule has 0 rings (SSSR count). The number of allylic oxidation sites excluding steroid dienone is 2. The average Bonchev–Trinajstić information content (AvgIpc) is 2.10. The van der Waals surface area contributed by atoms with Gasteiger partial charge < -0.3 is 5.32 Å². The molecule has 0 saturated carbocycles. The lowest BCUT2D eigenvalue weighted by atomic mass is 10.1. The highest BCUT2D eigenvalue weighted by Gasteiger charge is 1.99. The number of hydrogen-bond donors (Lipinski definition) is 1. The van der Waals surface area contributed by atoms with E-state index in [9.17, 15) is 4.79 Å². The summed E-state index contributed by atoms with van der Waals surface area (Å²) in [6.07, 6.45) is 6.50. The standard InChI is InChI=1S/C11H19NO/c1-4-6-8-12-9-11(7-5-2)10(3)13/h5,9,12H,2,4,6-8H2,1,3H3. The molecule has 0 atom stereocenters. The minimum Gasteiger partial charge on any atom is -0.391 e. The van der Waals surface area contributed by atoms with Crippen LogP contribution in [-0.4, -0.2) is 12.3 Å². The number of carbonyl (C=O) groups excluding carboxylic acids is 1. The van der Waals surface area contributed by atoms with Gasteiger partial charge in [0.1, 0.15) is 0 Å². The summed E-state index contributed by atoms with van der Waals surface area (Å²) in [6.45, 7) is 8.26. The topological polar surface area (TPSA) is 29.1 Å². The fraction of sp³-hybridized carbons (Fsp3) is 0.545. The number of unbranched alkanes of at least 4 members (excludes halogenated alkanes) is 1. The van der Waals surface area contributed by atoms with Crippen molar-refractivity contribution >= 4 is 5.78 Å². The second-order valence-corrected chi connectivity index (χ2v) is 3.03. The lowest BCUT2D eigenvalue weighted by molar-refractivity contribution is -0.113. The SMILES string of the molecule is C=CCC(=CNCCCC)C(C)=O. The van der Waals surface area contributed by atoms with E-state index in [4.69, 9.17) is 0 Å². The van der Waals surface area contributed by atoms with Gasteiger partial charge in [-0.05, 0) is 19.8 Å². The maximum atomic E-state index is 11.0. The van der Waals surface area contributed by atoms with Crippen LogP contribution in [0.3, 0.4) is 0 Å². The summed E-state index contributed by atoms with van der Waals surface area (Å²) in [4.78, 5) is 11.0. The van der Waals surface area contributed by atoms with Gasteiger partial charge in [0.05, 0.1) is 0 Å². The third-order valence-corrected chi connectivity index (χ3v) is 1.77. The van der Waals surface area contributed by atoms with Crippen LogP contribution < -0.4 is 5.32 Å². The van der Waals surface area contributed by atoms with Crippen molar-refractivity contribution in [3.63, 3.8) is 0 Å². The van der Waals surface area contributed by atoms with Crippen LogP contribution in [0, 0.1) is 0 Å². The van der Waals surface area contributed by atoms with E-state index in [2.05, 4.69) is 18.8 Å². The van der Waals surface area contributed by atoms with Crippen molar-refractivity contribution in [1.82, 2.24) is 5.32 Å². The molecule has 0 bridgehead atoms. The second kappa shape index (κ2) is 7.59. The molecule has 1 N–H and O–H groups in total. The van der Waals surface area contributed by atoms with E-state index >= 15 is 0 Å². The Balaban J connectivity index is 3.89. The third-order valence-electron chi connectivity index (χ3n) is 1.77. The van der Waals surface area contributed by atoms with E-state index in [0.717, 1.165) is 25.0 Å². The van der Waals surface area contributed by atoms with E-state index in [1.807, 2.05) is 0 Å². The molecule has 0 fully saturated rings. The summed E-state index contributed by atoms with van der Waals surface area (Å²) < 4.78 is 0. The maximum absolute atomic E-state index is 11.0. The minimum atomic E-state index is 0.115. The molecular weight excluding hydrogens is 162 g/mol. The highest BCUT2D eigenvalue weighted by Crippen LogP contribution is 2.01. The number of rotatable bonds is 7. The molecule has 0 saturated heterocycles. The molecule has 0 aliphatic rings. The van der Waals surface area contributed by atoms with Crippen molar-refractivity contribution in [1.29, 1.82) is 0 Å². The first kappa shape index (κ1) is 11.9. The Morgan fingerprint density at radius 1 is 1.54 bits per heavy atom. The molecular formula is C11H19NO. The van der Waals surface area contributed by atoms with Crippen LogP contribution >= 0.6 is 0 Å². The van der Waals surface area contributed by atoms with Crippen molar-refractivity contribution in [2.45, 2.75) is 33.1 Å². The molecule has 0 heterocycles. The normalized spacial score (nSPS) is 11.1. The molecule has 0 aromatic heterocycles. The van der Waals surface area contributed by atoms with Crippen LogP contribution in [0.2, 0.25) is 0 Å². The lowest BCUT2D eigenvalue weighted by Gasteiger charge is -2.02. The molecule has 0 unspecified atom stereocenters. The number of carbonyl (C=O) groups is 1. The predicted molar refractivity (Wildman–Crippen MR) is 56.5 cm³/mol. The van der Waals surface area contributed by atoms with Crippen LogP contribution in [0.1, 0.15) is 33.1 Å². The van der Waals surface area contributed by atoms with Crippen molar-refractivity contribution in [3.05, 3.63) is 24.4 Å². The third kappa shape index (κ3) is 6.14. The molecule has 0 aromatic rings. The molecule has 74 valence electrons. The Bertz CT molecular complexity index is 194. The predicted octanol–water partition coefficient (Wildman–Crippen LogP) is 2.43. The van der Waals surface area contributed by atoms with Crippen LogP contribution in [0.4, 0.5) is 0 Å². The highest BCUT2D eigenvalue weighted by atomic mass is 16.1. The van der Waals surface area contributed by atoms with Gasteiger partial charge in [-0.15, -0.1) is 6.58 Å². The van der Waals surface area contributed by atoms with Gasteiger partial charge in [0.25, 0.3) is 0 Å². The largest absolute Gasteiger partial charge is 0.391 e. The lowest BCUT2D eigenvalue weighted by Crippen LogP contribution is -2.10. The first-order valence-electron chi connectivity index (χ1n) is 4.76. The van der Waals surface area contributed by atoms with Gasteiger partial charge in [0.15, 0.2) is 5.78 Å². The van der Waals surface area contributed by atoms with E-state index in [0.29, 0.717) is 6.42 Å². The van der Waals surface area contributed by atoms with Gasteiger partial charge in [-0.3, -0.25) is 4.79 Å². The van der Waals surface area contributed by atoms with E-state index in [-0.39, 0.29) is 5.78 Å². The van der Waals surface area contributed by atoms with E-state index in [1.54, 1.807) is 19.2 Å². The maximum Gasteiger partial charge on any atom is 0.157 e. The Morgan fingerprint density at radius 3 is 2.69 bits per heavy atom. The van der Waals surface area contributed by atoms with Crippen molar-refractivity contribution in [3.8, 4) is 0 Å². The number of ketones is 1. The zero-order chi connectivity index (χ0) is 10.1. The molecule has 0 spiro atoms. The quantitative estimate of drug-likeness (QED) is 0.371.